The number of rotatable bonds is 5. The van der Waals surface area contributed by atoms with Gasteiger partial charge in [-0.2, -0.15) is 26.3 Å². The van der Waals surface area contributed by atoms with Crippen molar-refractivity contribution in [3.63, 3.8) is 0 Å². The fourth-order valence-electron chi connectivity index (χ4n) is 5.32. The van der Waals surface area contributed by atoms with Gasteiger partial charge in [-0.1, -0.05) is 37.3 Å². The van der Waals surface area contributed by atoms with E-state index >= 15 is 0 Å². The number of halogens is 6. The summed E-state index contributed by atoms with van der Waals surface area (Å²) in [5, 5.41) is 6.68. The smallest absolute Gasteiger partial charge is 0.349 e. The number of alkyl halides is 6. The molecule has 2 N–H and O–H groups in total. The monoisotopic (exact) mass is 498 g/mol. The van der Waals surface area contributed by atoms with E-state index in [1.54, 1.807) is 6.92 Å². The summed E-state index contributed by atoms with van der Waals surface area (Å²) in [6.45, 7) is 2.22. The number of piperidine rings is 1. The van der Waals surface area contributed by atoms with Crippen molar-refractivity contribution in [3.8, 4) is 0 Å². The minimum Gasteiger partial charge on any atom is -0.349 e. The highest BCUT2D eigenvalue weighted by Crippen LogP contribution is 2.43. The van der Waals surface area contributed by atoms with Gasteiger partial charge in [-0.15, -0.1) is 0 Å². The van der Waals surface area contributed by atoms with Gasteiger partial charge in [-0.25, -0.2) is 0 Å². The van der Waals surface area contributed by atoms with Gasteiger partial charge in [0.05, 0.1) is 16.7 Å². The second-order valence-corrected chi connectivity index (χ2v) is 9.91. The number of benzene rings is 2. The minimum absolute atomic E-state index is 0.0192. The molecule has 2 saturated heterocycles. The van der Waals surface area contributed by atoms with Crippen molar-refractivity contribution in [3.05, 3.63) is 70.8 Å². The number of amides is 1. The van der Waals surface area contributed by atoms with Crippen molar-refractivity contribution >= 4 is 5.91 Å². The lowest BCUT2D eigenvalue weighted by atomic mass is 9.72. The van der Waals surface area contributed by atoms with Crippen LogP contribution in [0.15, 0.2) is 48.5 Å². The molecule has 190 valence electrons. The molecule has 2 fully saturated rings. The van der Waals surface area contributed by atoms with Crippen LogP contribution in [0.2, 0.25) is 0 Å². The molecular weight excluding hydrogens is 470 g/mol. The van der Waals surface area contributed by atoms with Crippen LogP contribution in [0.5, 0.6) is 0 Å². The van der Waals surface area contributed by atoms with Crippen molar-refractivity contribution in [2.75, 3.05) is 6.54 Å². The van der Waals surface area contributed by atoms with E-state index < -0.39 is 34.9 Å². The summed E-state index contributed by atoms with van der Waals surface area (Å²) in [6, 6.07) is 11.5. The van der Waals surface area contributed by atoms with Gasteiger partial charge in [-0.05, 0) is 67.3 Å². The van der Waals surface area contributed by atoms with Gasteiger partial charge in [0.25, 0.3) is 0 Å². The first-order valence-electron chi connectivity index (χ1n) is 11.7. The molecule has 35 heavy (non-hydrogen) atoms. The Hall–Kier alpha value is -2.55. The molecule has 2 aliphatic heterocycles. The average Bonchev–Trinajstić information content (AvgIpc) is 3.18. The van der Waals surface area contributed by atoms with Crippen LogP contribution >= 0.6 is 0 Å². The molecule has 0 radical (unpaired) electrons. The fourth-order valence-corrected chi connectivity index (χ4v) is 5.32. The molecule has 9 heteroatoms. The van der Waals surface area contributed by atoms with Crippen LogP contribution in [0.25, 0.3) is 0 Å². The van der Waals surface area contributed by atoms with Crippen molar-refractivity contribution in [1.29, 1.82) is 0 Å². The summed E-state index contributed by atoms with van der Waals surface area (Å²) in [5.74, 6) is -0.500. The molecule has 0 saturated carbocycles. The zero-order chi connectivity index (χ0) is 25.5. The van der Waals surface area contributed by atoms with Gasteiger partial charge in [-0.3, -0.25) is 4.79 Å². The Morgan fingerprint density at radius 1 is 0.914 bits per heavy atom. The second kappa shape index (κ2) is 9.15. The Bertz CT molecular complexity index is 1020. The van der Waals surface area contributed by atoms with E-state index in [-0.39, 0.29) is 23.1 Å². The average molecular weight is 499 g/mol. The molecule has 2 aromatic rings. The largest absolute Gasteiger partial charge is 0.416 e. The maximum Gasteiger partial charge on any atom is 0.416 e. The summed E-state index contributed by atoms with van der Waals surface area (Å²) >= 11 is 0. The van der Waals surface area contributed by atoms with Gasteiger partial charge in [0.15, 0.2) is 0 Å². The van der Waals surface area contributed by atoms with Gasteiger partial charge >= 0.3 is 12.4 Å². The highest BCUT2D eigenvalue weighted by Gasteiger charge is 2.46. The molecular formula is C26H28F6N2O. The van der Waals surface area contributed by atoms with E-state index in [1.165, 1.54) is 0 Å². The zero-order valence-electron chi connectivity index (χ0n) is 19.3. The number of carbonyl (C=O) groups is 1. The molecule has 4 rings (SSSR count). The third kappa shape index (κ3) is 5.50. The van der Waals surface area contributed by atoms with E-state index in [1.807, 2.05) is 30.3 Å². The molecule has 0 aromatic heterocycles. The van der Waals surface area contributed by atoms with Crippen molar-refractivity contribution in [2.24, 2.45) is 0 Å². The molecule has 1 amide bonds. The quantitative estimate of drug-likeness (QED) is 0.460. The summed E-state index contributed by atoms with van der Waals surface area (Å²) < 4.78 is 79.9. The molecule has 3 atom stereocenters. The lowest BCUT2D eigenvalue weighted by molar-refractivity contribution is -0.143. The third-order valence-electron chi connectivity index (χ3n) is 7.54. The molecule has 3 nitrogen and oxygen atoms in total. The standard InChI is InChI=1S/C26H28F6N2O/c1-17(18-13-20(25(27,28)29)15-21(14-18)26(30,31)32)7-10-24(19-5-3-2-4-6-19)12-11-23(16-33-24)9-8-22(35)34-23/h2-6,13-15,17,33H,7-12,16H2,1H3,(H,34,35)/t17-,23+,24-/m0/s1. The Morgan fingerprint density at radius 2 is 1.54 bits per heavy atom. The first kappa shape index (κ1) is 25.5. The minimum atomic E-state index is -4.87. The van der Waals surface area contributed by atoms with Gasteiger partial charge in [0.2, 0.25) is 5.91 Å². The molecule has 2 aliphatic rings. The lowest BCUT2D eigenvalue weighted by Gasteiger charge is -2.47. The van der Waals surface area contributed by atoms with Crippen LogP contribution in [0.4, 0.5) is 26.3 Å². The number of carbonyl (C=O) groups excluding carboxylic acids is 1. The highest BCUT2D eigenvalue weighted by molar-refractivity contribution is 5.79. The summed E-state index contributed by atoms with van der Waals surface area (Å²) in [6.07, 6.45) is -6.16. The molecule has 0 bridgehead atoms. The van der Waals surface area contributed by atoms with Gasteiger partial charge in [0.1, 0.15) is 0 Å². The van der Waals surface area contributed by atoms with Gasteiger partial charge < -0.3 is 10.6 Å². The Balaban J connectivity index is 1.58. The SMILES string of the molecule is C[C@@H](CC[C@@]1(c2ccccc2)CC[C@]2(CCC(=O)N2)CN1)c1cc(C(F)(F)F)cc(C(F)(F)F)c1. The van der Waals surface area contributed by atoms with Crippen molar-refractivity contribution in [2.45, 2.75) is 74.8 Å². The lowest BCUT2D eigenvalue weighted by Crippen LogP contribution is -2.60. The predicted molar refractivity (Wildman–Crippen MR) is 120 cm³/mol. The zero-order valence-corrected chi connectivity index (χ0v) is 19.3. The second-order valence-electron chi connectivity index (χ2n) is 9.91. The summed E-state index contributed by atoms with van der Waals surface area (Å²) in [5.41, 5.74) is -2.33. The predicted octanol–water partition coefficient (Wildman–Crippen LogP) is 6.54. The maximum atomic E-state index is 13.3. The van der Waals surface area contributed by atoms with E-state index in [0.29, 0.717) is 32.2 Å². The van der Waals surface area contributed by atoms with Crippen molar-refractivity contribution < 1.29 is 31.1 Å². The maximum absolute atomic E-state index is 13.3. The van der Waals surface area contributed by atoms with E-state index in [4.69, 9.17) is 0 Å². The van der Waals surface area contributed by atoms with Crippen LogP contribution in [0, 0.1) is 0 Å². The van der Waals surface area contributed by atoms with Crippen LogP contribution in [0.1, 0.15) is 73.6 Å². The Labute approximate surface area is 200 Å². The fraction of sp³-hybridized carbons (Fsp3) is 0.500. The first-order valence-corrected chi connectivity index (χ1v) is 11.7. The number of nitrogens with one attached hydrogen (secondary N) is 2. The van der Waals surface area contributed by atoms with Gasteiger partial charge in [0, 0.05) is 18.5 Å². The molecule has 2 aromatic carbocycles. The van der Waals surface area contributed by atoms with Crippen LogP contribution in [-0.2, 0) is 22.7 Å². The van der Waals surface area contributed by atoms with E-state index in [0.717, 1.165) is 30.5 Å². The Kier molecular flexibility index (Phi) is 6.68. The topological polar surface area (TPSA) is 41.1 Å². The summed E-state index contributed by atoms with van der Waals surface area (Å²) in [7, 11) is 0. The normalized spacial score (nSPS) is 26.1. The highest BCUT2D eigenvalue weighted by atomic mass is 19.4. The molecule has 0 unspecified atom stereocenters. The van der Waals surface area contributed by atoms with Crippen LogP contribution in [0.3, 0.4) is 0 Å². The Morgan fingerprint density at radius 3 is 2.03 bits per heavy atom. The molecule has 2 heterocycles. The van der Waals surface area contributed by atoms with Crippen LogP contribution in [-0.4, -0.2) is 18.0 Å². The summed E-state index contributed by atoms with van der Waals surface area (Å²) in [4.78, 5) is 11.8. The number of hydrogen-bond acceptors (Lipinski definition) is 2. The van der Waals surface area contributed by atoms with E-state index in [2.05, 4.69) is 10.6 Å². The van der Waals surface area contributed by atoms with E-state index in [9.17, 15) is 31.1 Å². The third-order valence-corrected chi connectivity index (χ3v) is 7.54. The molecule has 1 spiro atoms. The van der Waals surface area contributed by atoms with Crippen LogP contribution < -0.4 is 10.6 Å². The first-order chi connectivity index (χ1) is 16.3. The van der Waals surface area contributed by atoms with Crippen molar-refractivity contribution in [1.82, 2.24) is 10.6 Å². The number of hydrogen-bond donors (Lipinski definition) is 2. The molecule has 0 aliphatic carbocycles.